The van der Waals surface area contributed by atoms with Crippen molar-refractivity contribution in [3.8, 4) is 0 Å². The molecule has 0 aliphatic carbocycles. The van der Waals surface area contributed by atoms with Gasteiger partial charge in [-0.1, -0.05) is 18.2 Å². The number of amides is 1. The minimum atomic E-state index is -1.17. The van der Waals surface area contributed by atoms with E-state index < -0.39 is 11.8 Å². The van der Waals surface area contributed by atoms with Crippen LogP contribution in [0, 0.1) is 13.8 Å². The topological polar surface area (TPSA) is 83.5 Å². The lowest BCUT2D eigenvalue weighted by Gasteiger charge is -2.13. The highest BCUT2D eigenvalue weighted by molar-refractivity contribution is 6.17. The molecule has 2 aromatic rings. The summed E-state index contributed by atoms with van der Waals surface area (Å²) in [5, 5.41) is 11.9. The first kappa shape index (κ1) is 16.4. The van der Waals surface area contributed by atoms with E-state index in [9.17, 15) is 19.5 Å². The Balaban J connectivity index is 2.61. The molecule has 0 aromatic heterocycles. The summed E-state index contributed by atoms with van der Waals surface area (Å²) in [6, 6.07) is 9.41. The molecule has 0 saturated heterocycles. The highest BCUT2D eigenvalue weighted by Gasteiger charge is 2.21. The summed E-state index contributed by atoms with van der Waals surface area (Å²) in [6.07, 6.45) is 0. The summed E-state index contributed by atoms with van der Waals surface area (Å²) >= 11 is 0. The number of rotatable bonds is 4. The Labute approximate surface area is 134 Å². The Hall–Kier alpha value is -2.95. The molecular weight excluding hydrogens is 294 g/mol. The zero-order chi connectivity index (χ0) is 17.1. The van der Waals surface area contributed by atoms with Crippen LogP contribution in [0.25, 0.3) is 0 Å². The van der Waals surface area contributed by atoms with Gasteiger partial charge in [0, 0.05) is 18.1 Å². The number of nitrogens with one attached hydrogen (secondary N) is 1. The molecule has 2 rings (SSSR count). The average molecular weight is 311 g/mol. The molecule has 0 atom stereocenters. The van der Waals surface area contributed by atoms with E-state index >= 15 is 0 Å². The zero-order valence-corrected chi connectivity index (χ0v) is 13.1. The molecule has 5 heteroatoms. The molecule has 2 aromatic carbocycles. The van der Waals surface area contributed by atoms with Crippen molar-refractivity contribution in [3.63, 3.8) is 0 Å². The van der Waals surface area contributed by atoms with Crippen molar-refractivity contribution in [1.29, 1.82) is 0 Å². The van der Waals surface area contributed by atoms with Gasteiger partial charge in [-0.15, -0.1) is 0 Å². The van der Waals surface area contributed by atoms with Crippen LogP contribution in [-0.4, -0.2) is 22.8 Å². The minimum Gasteiger partial charge on any atom is -0.478 e. The van der Waals surface area contributed by atoms with Gasteiger partial charge >= 0.3 is 5.97 Å². The van der Waals surface area contributed by atoms with E-state index in [-0.39, 0.29) is 22.6 Å². The molecule has 0 aliphatic rings. The molecule has 0 bridgehead atoms. The Morgan fingerprint density at radius 2 is 1.48 bits per heavy atom. The van der Waals surface area contributed by atoms with Gasteiger partial charge in [-0.2, -0.15) is 0 Å². The van der Waals surface area contributed by atoms with Gasteiger partial charge in [-0.05, 0) is 43.2 Å². The third-order valence-electron chi connectivity index (χ3n) is 3.59. The van der Waals surface area contributed by atoms with Crippen LogP contribution in [0.4, 0.5) is 5.69 Å². The summed E-state index contributed by atoms with van der Waals surface area (Å²) in [6.45, 7) is 5.08. The van der Waals surface area contributed by atoms with E-state index in [1.54, 1.807) is 24.3 Å². The number of carboxylic acids is 1. The Kier molecular flexibility index (Phi) is 4.60. The van der Waals surface area contributed by atoms with Crippen molar-refractivity contribution in [2.45, 2.75) is 20.8 Å². The van der Waals surface area contributed by atoms with Crippen LogP contribution in [0.3, 0.4) is 0 Å². The van der Waals surface area contributed by atoms with Gasteiger partial charge in [0.25, 0.3) is 0 Å². The van der Waals surface area contributed by atoms with Crippen molar-refractivity contribution in [2.75, 3.05) is 5.32 Å². The summed E-state index contributed by atoms with van der Waals surface area (Å²) < 4.78 is 0. The Morgan fingerprint density at radius 3 is 2.04 bits per heavy atom. The number of carbonyl (C=O) groups excluding carboxylic acids is 2. The second-order valence-electron chi connectivity index (χ2n) is 5.34. The molecule has 118 valence electrons. The smallest absolute Gasteiger partial charge is 0.336 e. The van der Waals surface area contributed by atoms with Gasteiger partial charge in [0.1, 0.15) is 0 Å². The number of hydrogen-bond acceptors (Lipinski definition) is 3. The largest absolute Gasteiger partial charge is 0.478 e. The zero-order valence-electron chi connectivity index (χ0n) is 13.1. The van der Waals surface area contributed by atoms with Crippen LogP contribution < -0.4 is 5.32 Å². The van der Waals surface area contributed by atoms with E-state index in [4.69, 9.17) is 0 Å². The number of aromatic carboxylic acids is 1. The molecule has 1 amide bonds. The third-order valence-corrected chi connectivity index (χ3v) is 3.59. The molecule has 5 nitrogen and oxygen atoms in total. The summed E-state index contributed by atoms with van der Waals surface area (Å²) in [4.78, 5) is 35.5. The van der Waals surface area contributed by atoms with E-state index in [1.807, 2.05) is 13.8 Å². The number of ketones is 1. The van der Waals surface area contributed by atoms with Gasteiger partial charge in [0.15, 0.2) is 5.78 Å². The third kappa shape index (κ3) is 3.45. The second kappa shape index (κ2) is 6.44. The van der Waals surface area contributed by atoms with Gasteiger partial charge in [-0.3, -0.25) is 9.59 Å². The summed E-state index contributed by atoms with van der Waals surface area (Å²) in [7, 11) is 0. The van der Waals surface area contributed by atoms with Crippen molar-refractivity contribution < 1.29 is 19.5 Å². The van der Waals surface area contributed by atoms with E-state index in [1.165, 1.54) is 19.1 Å². The first-order chi connectivity index (χ1) is 10.8. The van der Waals surface area contributed by atoms with Gasteiger partial charge in [0.2, 0.25) is 5.91 Å². The van der Waals surface area contributed by atoms with Crippen LogP contribution in [0.1, 0.15) is 44.3 Å². The molecule has 0 saturated carbocycles. The average Bonchev–Trinajstić information content (AvgIpc) is 2.49. The predicted molar refractivity (Wildman–Crippen MR) is 87.1 cm³/mol. The highest BCUT2D eigenvalue weighted by atomic mass is 16.4. The molecule has 0 spiro atoms. The van der Waals surface area contributed by atoms with Gasteiger partial charge in [-0.25, -0.2) is 4.79 Å². The molecule has 0 radical (unpaired) electrons. The van der Waals surface area contributed by atoms with Crippen molar-refractivity contribution in [1.82, 2.24) is 0 Å². The Morgan fingerprint density at radius 1 is 0.913 bits per heavy atom. The molecule has 0 fully saturated rings. The van der Waals surface area contributed by atoms with Crippen molar-refractivity contribution >= 4 is 23.3 Å². The van der Waals surface area contributed by atoms with Gasteiger partial charge in [0.05, 0.1) is 11.3 Å². The van der Waals surface area contributed by atoms with Crippen molar-refractivity contribution in [3.05, 3.63) is 64.2 Å². The maximum Gasteiger partial charge on any atom is 0.336 e. The monoisotopic (exact) mass is 311 g/mol. The standard InChI is InChI=1S/C18H17NO4/c1-10-8-15(16(9-11(10)2)19-12(3)20)17(21)13-6-4-5-7-14(13)18(22)23/h4-9H,1-3H3,(H,19,20)(H,22,23). The normalized spacial score (nSPS) is 10.2. The fraction of sp³-hybridized carbons (Fsp3) is 0.167. The van der Waals surface area contributed by atoms with Crippen molar-refractivity contribution in [2.24, 2.45) is 0 Å². The summed E-state index contributed by atoms with van der Waals surface area (Å²) in [5.74, 6) is -1.90. The fourth-order valence-electron chi connectivity index (χ4n) is 2.31. The molecule has 23 heavy (non-hydrogen) atoms. The van der Waals surface area contributed by atoms with E-state index in [2.05, 4.69) is 5.32 Å². The first-order valence-electron chi connectivity index (χ1n) is 7.07. The number of carboxylic acid groups (broad SMARTS) is 1. The molecule has 0 aliphatic heterocycles. The lowest BCUT2D eigenvalue weighted by molar-refractivity contribution is -0.114. The molecule has 0 heterocycles. The van der Waals surface area contributed by atoms with Crippen LogP contribution >= 0.6 is 0 Å². The van der Waals surface area contributed by atoms with E-state index in [0.29, 0.717) is 5.69 Å². The number of hydrogen-bond donors (Lipinski definition) is 2. The maximum absolute atomic E-state index is 12.8. The number of benzene rings is 2. The van der Waals surface area contributed by atoms with Gasteiger partial charge < -0.3 is 10.4 Å². The fourth-order valence-corrected chi connectivity index (χ4v) is 2.31. The molecular formula is C18H17NO4. The number of anilines is 1. The minimum absolute atomic E-state index is 0.0653. The summed E-state index contributed by atoms with van der Waals surface area (Å²) in [5.41, 5.74) is 2.49. The molecule has 0 unspecified atom stereocenters. The SMILES string of the molecule is CC(=O)Nc1cc(C)c(C)cc1C(=O)c1ccccc1C(=O)O. The Bertz CT molecular complexity index is 809. The number of aryl methyl sites for hydroxylation is 2. The maximum atomic E-state index is 12.8. The first-order valence-corrected chi connectivity index (χ1v) is 7.07. The lowest BCUT2D eigenvalue weighted by atomic mass is 9.94. The molecule has 2 N–H and O–H groups in total. The van der Waals surface area contributed by atoms with Crippen LogP contribution in [0.5, 0.6) is 0 Å². The van der Waals surface area contributed by atoms with E-state index in [0.717, 1.165) is 11.1 Å². The van der Waals surface area contributed by atoms with Crippen LogP contribution in [0.15, 0.2) is 36.4 Å². The quantitative estimate of drug-likeness (QED) is 0.849. The predicted octanol–water partition coefficient (Wildman–Crippen LogP) is 3.19. The van der Waals surface area contributed by atoms with Crippen LogP contribution in [0.2, 0.25) is 0 Å². The second-order valence-corrected chi connectivity index (χ2v) is 5.34. The van der Waals surface area contributed by atoms with Crippen LogP contribution in [-0.2, 0) is 4.79 Å². The lowest BCUT2D eigenvalue weighted by Crippen LogP contribution is -2.15. The highest BCUT2D eigenvalue weighted by Crippen LogP contribution is 2.25. The number of carbonyl (C=O) groups is 3.